The molecule has 0 saturated heterocycles. The summed E-state index contributed by atoms with van der Waals surface area (Å²) in [4.78, 5) is 12.0. The second-order valence-electron chi connectivity index (χ2n) is 5.38. The molecule has 0 aliphatic heterocycles. The standard InChI is InChI=1S/C18H21NO5S/c1-3-24-18(21)16-6-4-5-15(13-16)14-7-9-17(10-8-14)25(22,23)19(2)11-12-20/h4-10,13,20H,3,11-12H2,1-2H3. The van der Waals surface area contributed by atoms with Gasteiger partial charge in [0.1, 0.15) is 0 Å². The molecule has 0 atom stereocenters. The van der Waals surface area contributed by atoms with Gasteiger partial charge in [0.2, 0.25) is 10.0 Å². The first-order chi connectivity index (χ1) is 11.9. The third-order valence-corrected chi connectivity index (χ3v) is 5.56. The lowest BCUT2D eigenvalue weighted by molar-refractivity contribution is 0.0526. The number of likely N-dealkylation sites (N-methyl/N-ethyl adjacent to an activating group) is 1. The topological polar surface area (TPSA) is 83.9 Å². The average molecular weight is 363 g/mol. The van der Waals surface area contributed by atoms with Crippen molar-refractivity contribution in [1.29, 1.82) is 0 Å². The van der Waals surface area contributed by atoms with Crippen molar-refractivity contribution in [2.75, 3.05) is 26.8 Å². The number of carbonyl (C=O) groups excluding carboxylic acids is 1. The fourth-order valence-electron chi connectivity index (χ4n) is 2.30. The van der Waals surface area contributed by atoms with Crippen molar-refractivity contribution in [3.8, 4) is 11.1 Å². The molecule has 7 heteroatoms. The Morgan fingerprint density at radius 2 is 1.80 bits per heavy atom. The largest absolute Gasteiger partial charge is 0.462 e. The molecule has 0 aliphatic carbocycles. The number of aliphatic hydroxyl groups excluding tert-OH is 1. The molecule has 0 fully saturated rings. The molecular weight excluding hydrogens is 342 g/mol. The normalized spacial score (nSPS) is 11.5. The zero-order valence-electron chi connectivity index (χ0n) is 14.2. The Bertz CT molecular complexity index is 831. The van der Waals surface area contributed by atoms with Gasteiger partial charge in [-0.2, -0.15) is 4.31 Å². The SMILES string of the molecule is CCOC(=O)c1cccc(-c2ccc(S(=O)(=O)N(C)CCO)cc2)c1. The zero-order chi connectivity index (χ0) is 18.4. The molecule has 134 valence electrons. The number of aliphatic hydroxyl groups is 1. The fourth-order valence-corrected chi connectivity index (χ4v) is 3.46. The minimum atomic E-state index is -3.63. The summed E-state index contributed by atoms with van der Waals surface area (Å²) in [6.07, 6.45) is 0. The highest BCUT2D eigenvalue weighted by Gasteiger charge is 2.20. The lowest BCUT2D eigenvalue weighted by atomic mass is 10.0. The molecule has 0 aliphatic rings. The Labute approximate surface area is 147 Å². The van der Waals surface area contributed by atoms with Gasteiger partial charge in [0.25, 0.3) is 0 Å². The molecule has 0 bridgehead atoms. The third kappa shape index (κ3) is 4.45. The van der Waals surface area contributed by atoms with Crippen molar-refractivity contribution >= 4 is 16.0 Å². The van der Waals surface area contributed by atoms with Crippen molar-refractivity contribution in [2.45, 2.75) is 11.8 Å². The van der Waals surface area contributed by atoms with Gasteiger partial charge >= 0.3 is 5.97 Å². The number of benzene rings is 2. The van der Waals surface area contributed by atoms with E-state index in [1.807, 2.05) is 6.07 Å². The summed E-state index contributed by atoms with van der Waals surface area (Å²) in [6.45, 7) is 1.84. The predicted octanol–water partition coefficient (Wildman–Crippen LogP) is 2.14. The van der Waals surface area contributed by atoms with E-state index < -0.39 is 16.0 Å². The first kappa shape index (κ1) is 19.1. The molecule has 0 heterocycles. The second-order valence-corrected chi connectivity index (χ2v) is 7.42. The molecule has 0 spiro atoms. The maximum Gasteiger partial charge on any atom is 0.338 e. The van der Waals surface area contributed by atoms with Crippen molar-refractivity contribution < 1.29 is 23.1 Å². The van der Waals surface area contributed by atoms with Crippen molar-refractivity contribution in [3.63, 3.8) is 0 Å². The molecule has 0 unspecified atom stereocenters. The summed E-state index contributed by atoms with van der Waals surface area (Å²) in [5, 5.41) is 8.90. The van der Waals surface area contributed by atoms with Gasteiger partial charge in [-0.05, 0) is 42.3 Å². The molecular formula is C18H21NO5S. The summed E-state index contributed by atoms with van der Waals surface area (Å²) in [6, 6.07) is 13.4. The van der Waals surface area contributed by atoms with Crippen LogP contribution in [0.5, 0.6) is 0 Å². The molecule has 2 rings (SSSR count). The summed E-state index contributed by atoms with van der Waals surface area (Å²) >= 11 is 0. The minimum Gasteiger partial charge on any atom is -0.462 e. The van der Waals surface area contributed by atoms with Gasteiger partial charge < -0.3 is 9.84 Å². The van der Waals surface area contributed by atoms with E-state index in [1.54, 1.807) is 37.3 Å². The van der Waals surface area contributed by atoms with Crippen LogP contribution in [-0.2, 0) is 14.8 Å². The Morgan fingerprint density at radius 3 is 2.40 bits per heavy atom. The van der Waals surface area contributed by atoms with Crippen LogP contribution in [0.1, 0.15) is 17.3 Å². The Hall–Kier alpha value is -2.22. The van der Waals surface area contributed by atoms with E-state index in [4.69, 9.17) is 9.84 Å². The average Bonchev–Trinajstić information content (AvgIpc) is 2.62. The van der Waals surface area contributed by atoms with Crippen LogP contribution in [0.4, 0.5) is 0 Å². The number of nitrogens with zero attached hydrogens (tertiary/aromatic N) is 1. The van der Waals surface area contributed by atoms with E-state index in [0.717, 1.165) is 15.4 Å². The predicted molar refractivity (Wildman–Crippen MR) is 94.7 cm³/mol. The lowest BCUT2D eigenvalue weighted by Crippen LogP contribution is -2.29. The number of hydrogen-bond donors (Lipinski definition) is 1. The maximum absolute atomic E-state index is 12.3. The minimum absolute atomic E-state index is 0.0334. The molecule has 0 amide bonds. The molecule has 0 saturated carbocycles. The van der Waals surface area contributed by atoms with E-state index in [0.29, 0.717) is 12.2 Å². The van der Waals surface area contributed by atoms with E-state index in [-0.39, 0.29) is 18.0 Å². The van der Waals surface area contributed by atoms with Gasteiger partial charge in [-0.15, -0.1) is 0 Å². The van der Waals surface area contributed by atoms with Crippen LogP contribution < -0.4 is 0 Å². The number of rotatable bonds is 7. The second kappa shape index (κ2) is 8.24. The van der Waals surface area contributed by atoms with Crippen molar-refractivity contribution in [3.05, 3.63) is 54.1 Å². The fraction of sp³-hybridized carbons (Fsp3) is 0.278. The number of sulfonamides is 1. The van der Waals surface area contributed by atoms with Crippen LogP contribution in [-0.4, -0.2) is 50.6 Å². The Morgan fingerprint density at radius 1 is 1.12 bits per heavy atom. The van der Waals surface area contributed by atoms with Gasteiger partial charge in [-0.25, -0.2) is 13.2 Å². The van der Waals surface area contributed by atoms with E-state index in [9.17, 15) is 13.2 Å². The molecule has 2 aromatic rings. The van der Waals surface area contributed by atoms with Crippen LogP contribution in [0.25, 0.3) is 11.1 Å². The smallest absolute Gasteiger partial charge is 0.338 e. The molecule has 6 nitrogen and oxygen atoms in total. The van der Waals surface area contributed by atoms with Gasteiger partial charge in [-0.3, -0.25) is 0 Å². The summed E-state index contributed by atoms with van der Waals surface area (Å²) in [7, 11) is -2.21. The van der Waals surface area contributed by atoms with Gasteiger partial charge in [0.15, 0.2) is 0 Å². The highest BCUT2D eigenvalue weighted by atomic mass is 32.2. The maximum atomic E-state index is 12.3. The van der Waals surface area contributed by atoms with Gasteiger partial charge in [0, 0.05) is 13.6 Å². The molecule has 25 heavy (non-hydrogen) atoms. The number of esters is 1. The highest BCUT2D eigenvalue weighted by Crippen LogP contribution is 2.23. The molecule has 0 aromatic heterocycles. The Kier molecular flexibility index (Phi) is 6.30. The van der Waals surface area contributed by atoms with Crippen LogP contribution in [0.3, 0.4) is 0 Å². The molecule has 0 radical (unpaired) electrons. The van der Waals surface area contributed by atoms with Crippen molar-refractivity contribution in [2.24, 2.45) is 0 Å². The molecule has 1 N–H and O–H groups in total. The van der Waals surface area contributed by atoms with Crippen molar-refractivity contribution in [1.82, 2.24) is 4.31 Å². The summed E-state index contributed by atoms with van der Waals surface area (Å²) < 4.78 is 30.8. The van der Waals surface area contributed by atoms with E-state index in [1.165, 1.54) is 19.2 Å². The van der Waals surface area contributed by atoms with Crippen LogP contribution in [0.15, 0.2) is 53.4 Å². The van der Waals surface area contributed by atoms with Crippen LogP contribution in [0, 0.1) is 0 Å². The van der Waals surface area contributed by atoms with Gasteiger partial charge in [-0.1, -0.05) is 24.3 Å². The van der Waals surface area contributed by atoms with Gasteiger partial charge in [0.05, 0.1) is 23.7 Å². The lowest BCUT2D eigenvalue weighted by Gasteiger charge is -2.16. The molecule has 2 aromatic carbocycles. The van der Waals surface area contributed by atoms with Crippen LogP contribution in [0.2, 0.25) is 0 Å². The quantitative estimate of drug-likeness (QED) is 0.762. The van der Waals surface area contributed by atoms with E-state index >= 15 is 0 Å². The third-order valence-electron chi connectivity index (χ3n) is 3.68. The number of carbonyl (C=O) groups is 1. The first-order valence-electron chi connectivity index (χ1n) is 7.85. The zero-order valence-corrected chi connectivity index (χ0v) is 15.0. The van der Waals surface area contributed by atoms with E-state index in [2.05, 4.69) is 0 Å². The summed E-state index contributed by atoms with van der Waals surface area (Å²) in [5.74, 6) is -0.394. The summed E-state index contributed by atoms with van der Waals surface area (Å²) in [5.41, 5.74) is 2.02. The first-order valence-corrected chi connectivity index (χ1v) is 9.29. The highest BCUT2D eigenvalue weighted by molar-refractivity contribution is 7.89. The Balaban J connectivity index is 2.29. The number of ether oxygens (including phenoxy) is 1. The van der Waals surface area contributed by atoms with Crippen LogP contribution >= 0.6 is 0 Å². The number of hydrogen-bond acceptors (Lipinski definition) is 5. The monoisotopic (exact) mass is 363 g/mol.